The number of hydrogen-bond donors (Lipinski definition) is 1. The van der Waals surface area contributed by atoms with Crippen molar-refractivity contribution in [2.45, 2.75) is 6.61 Å². The molecule has 1 amide bonds. The van der Waals surface area contributed by atoms with Gasteiger partial charge < -0.3 is 10.5 Å². The topological polar surface area (TPSA) is 52.3 Å². The Bertz CT molecular complexity index is 648. The Hall–Kier alpha value is -1.78. The Labute approximate surface area is 136 Å². The molecule has 0 aliphatic heterocycles. The van der Waals surface area contributed by atoms with Crippen LogP contribution < -0.4 is 10.5 Å². The first-order chi connectivity index (χ1) is 10.1. The highest BCUT2D eigenvalue weighted by Crippen LogP contribution is 2.35. The van der Waals surface area contributed by atoms with Gasteiger partial charge in [0.1, 0.15) is 6.61 Å². The Balaban J connectivity index is 2.15. The van der Waals surface area contributed by atoms with Crippen molar-refractivity contribution in [2.75, 3.05) is 0 Å². The van der Waals surface area contributed by atoms with Crippen LogP contribution in [0.1, 0.15) is 11.1 Å². The standard InChI is InChI=1S/C16H13BrClNO2/c17-13-8-12(6-7-15(19)20)9-14(18)16(13)21-10-11-4-2-1-3-5-11/h1-9H,10H2,(H2,19,20)/b7-6+. The molecule has 0 bridgehead atoms. The van der Waals surface area contributed by atoms with E-state index in [0.29, 0.717) is 17.4 Å². The van der Waals surface area contributed by atoms with Crippen molar-refractivity contribution in [2.24, 2.45) is 5.73 Å². The van der Waals surface area contributed by atoms with Gasteiger partial charge in [-0.25, -0.2) is 0 Å². The Morgan fingerprint density at radius 2 is 2.00 bits per heavy atom. The molecule has 0 saturated carbocycles. The summed E-state index contributed by atoms with van der Waals surface area (Å²) in [5.74, 6) is 0.0587. The van der Waals surface area contributed by atoms with E-state index in [4.69, 9.17) is 22.1 Å². The summed E-state index contributed by atoms with van der Waals surface area (Å²) in [6.07, 6.45) is 2.88. The SMILES string of the molecule is NC(=O)/C=C/c1cc(Cl)c(OCc2ccccc2)c(Br)c1. The van der Waals surface area contributed by atoms with Crippen molar-refractivity contribution in [1.82, 2.24) is 0 Å². The second-order valence-electron chi connectivity index (χ2n) is 4.32. The number of nitrogens with two attached hydrogens (primary N) is 1. The number of amides is 1. The van der Waals surface area contributed by atoms with E-state index in [9.17, 15) is 4.79 Å². The minimum Gasteiger partial charge on any atom is -0.486 e. The highest BCUT2D eigenvalue weighted by Gasteiger charge is 2.09. The van der Waals surface area contributed by atoms with Crippen LogP contribution in [0.15, 0.2) is 53.0 Å². The molecule has 0 unspecified atom stereocenters. The summed E-state index contributed by atoms with van der Waals surface area (Å²) >= 11 is 9.63. The van der Waals surface area contributed by atoms with E-state index in [0.717, 1.165) is 15.6 Å². The summed E-state index contributed by atoms with van der Waals surface area (Å²) < 4.78 is 6.46. The van der Waals surface area contributed by atoms with Gasteiger partial charge in [0.05, 0.1) is 9.50 Å². The predicted octanol–water partition coefficient (Wildman–Crippen LogP) is 4.18. The van der Waals surface area contributed by atoms with Gasteiger partial charge in [-0.1, -0.05) is 41.9 Å². The van der Waals surface area contributed by atoms with E-state index < -0.39 is 5.91 Å². The number of rotatable bonds is 5. The van der Waals surface area contributed by atoms with Crippen LogP contribution in [0.2, 0.25) is 5.02 Å². The Morgan fingerprint density at radius 1 is 1.29 bits per heavy atom. The summed E-state index contributed by atoms with van der Waals surface area (Å²) in [7, 11) is 0. The van der Waals surface area contributed by atoms with Gasteiger partial charge in [0.15, 0.2) is 5.75 Å². The predicted molar refractivity (Wildman–Crippen MR) is 88.2 cm³/mol. The minimum atomic E-state index is -0.508. The Morgan fingerprint density at radius 3 is 2.62 bits per heavy atom. The lowest BCUT2D eigenvalue weighted by Gasteiger charge is -2.11. The summed E-state index contributed by atoms with van der Waals surface area (Å²) in [6, 6.07) is 13.3. The molecule has 5 heteroatoms. The Kier molecular flexibility index (Phi) is 5.42. The highest BCUT2D eigenvalue weighted by atomic mass is 79.9. The van der Waals surface area contributed by atoms with Gasteiger partial charge in [-0.3, -0.25) is 4.79 Å². The third kappa shape index (κ3) is 4.62. The summed E-state index contributed by atoms with van der Waals surface area (Å²) in [5, 5.41) is 0.462. The average molecular weight is 367 g/mol. The van der Waals surface area contributed by atoms with Crippen LogP contribution in [-0.2, 0) is 11.4 Å². The first kappa shape index (κ1) is 15.6. The van der Waals surface area contributed by atoms with Crippen molar-refractivity contribution < 1.29 is 9.53 Å². The molecule has 0 aromatic heterocycles. The molecule has 0 atom stereocenters. The lowest BCUT2D eigenvalue weighted by Crippen LogP contribution is -2.05. The number of primary amides is 1. The quantitative estimate of drug-likeness (QED) is 0.807. The van der Waals surface area contributed by atoms with Crippen molar-refractivity contribution in [3.63, 3.8) is 0 Å². The fraction of sp³-hybridized carbons (Fsp3) is 0.0625. The van der Waals surface area contributed by atoms with Gasteiger partial charge in [-0.15, -0.1) is 0 Å². The van der Waals surface area contributed by atoms with E-state index in [1.165, 1.54) is 6.08 Å². The van der Waals surface area contributed by atoms with Crippen LogP contribution in [0.3, 0.4) is 0 Å². The average Bonchev–Trinajstić information content (AvgIpc) is 2.45. The van der Waals surface area contributed by atoms with Crippen LogP contribution in [0.4, 0.5) is 0 Å². The maximum absolute atomic E-state index is 10.7. The minimum absolute atomic E-state index is 0.426. The van der Waals surface area contributed by atoms with E-state index in [-0.39, 0.29) is 0 Å². The molecule has 0 radical (unpaired) electrons. The number of ether oxygens (including phenoxy) is 1. The lowest BCUT2D eigenvalue weighted by atomic mass is 10.2. The number of halogens is 2. The van der Waals surface area contributed by atoms with Gasteiger partial charge in [0, 0.05) is 6.08 Å². The van der Waals surface area contributed by atoms with E-state index in [2.05, 4.69) is 15.9 Å². The third-order valence-electron chi connectivity index (χ3n) is 2.69. The summed E-state index contributed by atoms with van der Waals surface area (Å²) in [6.45, 7) is 0.426. The fourth-order valence-corrected chi connectivity index (χ4v) is 2.71. The normalized spacial score (nSPS) is 10.8. The van der Waals surface area contributed by atoms with E-state index >= 15 is 0 Å². The zero-order valence-electron chi connectivity index (χ0n) is 11.1. The number of carbonyl (C=O) groups excluding carboxylic acids is 1. The molecule has 108 valence electrons. The zero-order valence-corrected chi connectivity index (χ0v) is 13.4. The zero-order chi connectivity index (χ0) is 15.2. The van der Waals surface area contributed by atoms with Crippen molar-refractivity contribution >= 4 is 39.5 Å². The maximum Gasteiger partial charge on any atom is 0.241 e. The van der Waals surface area contributed by atoms with E-state index in [1.807, 2.05) is 36.4 Å². The van der Waals surface area contributed by atoms with Crippen molar-refractivity contribution in [1.29, 1.82) is 0 Å². The fourth-order valence-electron chi connectivity index (χ4n) is 1.72. The maximum atomic E-state index is 10.7. The molecule has 0 fully saturated rings. The molecular formula is C16H13BrClNO2. The summed E-state index contributed by atoms with van der Waals surface area (Å²) in [5.41, 5.74) is 6.88. The van der Waals surface area contributed by atoms with Crippen molar-refractivity contribution in [3.8, 4) is 5.75 Å². The van der Waals surface area contributed by atoms with Crippen LogP contribution >= 0.6 is 27.5 Å². The van der Waals surface area contributed by atoms with Gasteiger partial charge >= 0.3 is 0 Å². The van der Waals surface area contributed by atoms with Crippen molar-refractivity contribution in [3.05, 3.63) is 69.2 Å². The van der Waals surface area contributed by atoms with Crippen LogP contribution in [0.5, 0.6) is 5.75 Å². The second-order valence-corrected chi connectivity index (χ2v) is 5.59. The van der Waals surface area contributed by atoms with Crippen LogP contribution in [0, 0.1) is 0 Å². The molecule has 0 aliphatic carbocycles. The molecule has 21 heavy (non-hydrogen) atoms. The molecule has 2 aromatic rings. The largest absolute Gasteiger partial charge is 0.486 e. The second kappa shape index (κ2) is 7.29. The van der Waals surface area contributed by atoms with Gasteiger partial charge in [0.2, 0.25) is 5.91 Å². The molecule has 0 heterocycles. The number of carbonyl (C=O) groups is 1. The molecule has 2 aromatic carbocycles. The third-order valence-corrected chi connectivity index (χ3v) is 3.56. The number of benzene rings is 2. The molecule has 0 spiro atoms. The smallest absolute Gasteiger partial charge is 0.241 e. The van der Waals surface area contributed by atoms with Gasteiger partial charge in [-0.05, 0) is 45.3 Å². The molecule has 2 rings (SSSR count). The first-order valence-electron chi connectivity index (χ1n) is 6.19. The lowest BCUT2D eigenvalue weighted by molar-refractivity contribution is -0.113. The van der Waals surface area contributed by atoms with Crippen LogP contribution in [-0.4, -0.2) is 5.91 Å². The number of hydrogen-bond acceptors (Lipinski definition) is 2. The van der Waals surface area contributed by atoms with Gasteiger partial charge in [-0.2, -0.15) is 0 Å². The molecule has 0 saturated heterocycles. The molecule has 0 aliphatic rings. The van der Waals surface area contributed by atoms with Crippen LogP contribution in [0.25, 0.3) is 6.08 Å². The van der Waals surface area contributed by atoms with Gasteiger partial charge in [0.25, 0.3) is 0 Å². The highest BCUT2D eigenvalue weighted by molar-refractivity contribution is 9.10. The summed E-state index contributed by atoms with van der Waals surface area (Å²) in [4.78, 5) is 10.7. The molecule has 3 nitrogen and oxygen atoms in total. The molecule has 2 N–H and O–H groups in total. The van der Waals surface area contributed by atoms with E-state index in [1.54, 1.807) is 12.1 Å². The monoisotopic (exact) mass is 365 g/mol. The molecular weight excluding hydrogens is 354 g/mol. The first-order valence-corrected chi connectivity index (χ1v) is 7.36.